The molecular formula is C18H17Cl2N5O. The molecule has 2 aromatic carbocycles. The van der Waals surface area contributed by atoms with Crippen LogP contribution < -0.4 is 10.1 Å². The SMILES string of the molecule is C=CCn1nnnc1NCc1cc(Cl)ccc1OCc1ccc(Cl)cc1. The van der Waals surface area contributed by atoms with Crippen LogP contribution in [0.3, 0.4) is 0 Å². The van der Waals surface area contributed by atoms with Crippen molar-refractivity contribution in [3.63, 3.8) is 0 Å². The molecule has 134 valence electrons. The van der Waals surface area contributed by atoms with Crippen LogP contribution in [0.5, 0.6) is 5.75 Å². The van der Waals surface area contributed by atoms with Gasteiger partial charge in [-0.25, -0.2) is 4.68 Å². The molecule has 0 spiro atoms. The van der Waals surface area contributed by atoms with Gasteiger partial charge in [0.1, 0.15) is 12.4 Å². The minimum Gasteiger partial charge on any atom is -0.489 e. The van der Waals surface area contributed by atoms with E-state index in [1.807, 2.05) is 36.4 Å². The van der Waals surface area contributed by atoms with Gasteiger partial charge in [0.25, 0.3) is 0 Å². The Balaban J connectivity index is 1.70. The maximum atomic E-state index is 6.14. The molecule has 0 aliphatic rings. The van der Waals surface area contributed by atoms with Crippen molar-refractivity contribution in [2.45, 2.75) is 19.7 Å². The highest BCUT2D eigenvalue weighted by Crippen LogP contribution is 2.25. The molecule has 1 N–H and O–H groups in total. The number of rotatable bonds is 8. The Morgan fingerprint density at radius 1 is 1.12 bits per heavy atom. The molecule has 0 unspecified atom stereocenters. The summed E-state index contributed by atoms with van der Waals surface area (Å²) in [7, 11) is 0. The van der Waals surface area contributed by atoms with Crippen molar-refractivity contribution in [1.29, 1.82) is 0 Å². The number of nitrogens with zero attached hydrogens (tertiary/aromatic N) is 4. The summed E-state index contributed by atoms with van der Waals surface area (Å²) in [6.07, 6.45) is 1.72. The van der Waals surface area contributed by atoms with Gasteiger partial charge in [-0.3, -0.25) is 0 Å². The molecule has 0 aliphatic heterocycles. The fourth-order valence-corrected chi connectivity index (χ4v) is 2.64. The molecule has 0 bridgehead atoms. The van der Waals surface area contributed by atoms with E-state index in [-0.39, 0.29) is 0 Å². The number of benzene rings is 2. The minimum absolute atomic E-state index is 0.431. The third-order valence-electron chi connectivity index (χ3n) is 3.60. The van der Waals surface area contributed by atoms with Gasteiger partial charge in [0, 0.05) is 22.2 Å². The van der Waals surface area contributed by atoms with Crippen molar-refractivity contribution in [1.82, 2.24) is 20.2 Å². The highest BCUT2D eigenvalue weighted by Gasteiger charge is 2.09. The van der Waals surface area contributed by atoms with E-state index in [1.165, 1.54) is 0 Å². The van der Waals surface area contributed by atoms with Crippen LogP contribution in [0.15, 0.2) is 55.1 Å². The quantitative estimate of drug-likeness (QED) is 0.579. The van der Waals surface area contributed by atoms with Crippen LogP contribution in [0.25, 0.3) is 0 Å². The standard InChI is InChI=1S/C18H17Cl2N5O/c1-2-9-25-18(22-23-24-25)21-11-14-10-16(20)7-8-17(14)26-12-13-3-5-15(19)6-4-13/h2-8,10H,1,9,11-12H2,(H,21,22,24). The first kappa shape index (κ1) is 18.2. The van der Waals surface area contributed by atoms with Gasteiger partial charge >= 0.3 is 0 Å². The van der Waals surface area contributed by atoms with Crippen LogP contribution in [-0.2, 0) is 19.7 Å². The number of nitrogens with one attached hydrogen (secondary N) is 1. The number of hydrogen-bond acceptors (Lipinski definition) is 5. The molecule has 0 aliphatic carbocycles. The van der Waals surface area contributed by atoms with Gasteiger partial charge in [-0.2, -0.15) is 0 Å². The number of hydrogen-bond donors (Lipinski definition) is 1. The predicted molar refractivity (Wildman–Crippen MR) is 103 cm³/mol. The molecule has 1 aromatic heterocycles. The molecule has 3 rings (SSSR count). The fraction of sp³-hybridized carbons (Fsp3) is 0.167. The molecule has 0 amide bonds. The van der Waals surface area contributed by atoms with Crippen molar-refractivity contribution in [3.8, 4) is 5.75 Å². The number of allylic oxidation sites excluding steroid dienone is 1. The number of halogens is 2. The summed E-state index contributed by atoms with van der Waals surface area (Å²) in [5.74, 6) is 1.29. The van der Waals surface area contributed by atoms with E-state index in [0.717, 1.165) is 16.9 Å². The molecule has 0 fully saturated rings. The van der Waals surface area contributed by atoms with Crippen molar-refractivity contribution in [3.05, 3.63) is 76.3 Å². The average Bonchev–Trinajstić information content (AvgIpc) is 3.08. The Morgan fingerprint density at radius 3 is 2.65 bits per heavy atom. The number of aromatic nitrogens is 4. The van der Waals surface area contributed by atoms with Gasteiger partial charge in [0.15, 0.2) is 0 Å². The van der Waals surface area contributed by atoms with Crippen LogP contribution in [0.4, 0.5) is 5.95 Å². The second-order valence-electron chi connectivity index (χ2n) is 5.49. The van der Waals surface area contributed by atoms with E-state index in [1.54, 1.807) is 16.8 Å². The van der Waals surface area contributed by atoms with Gasteiger partial charge < -0.3 is 10.1 Å². The second kappa shape index (κ2) is 8.69. The first-order valence-electron chi connectivity index (χ1n) is 7.92. The lowest BCUT2D eigenvalue weighted by Gasteiger charge is -2.13. The van der Waals surface area contributed by atoms with Gasteiger partial charge in [-0.1, -0.05) is 46.5 Å². The van der Waals surface area contributed by atoms with Crippen LogP contribution in [0.1, 0.15) is 11.1 Å². The summed E-state index contributed by atoms with van der Waals surface area (Å²) >= 11 is 12.0. The Morgan fingerprint density at radius 2 is 1.88 bits per heavy atom. The van der Waals surface area contributed by atoms with Crippen LogP contribution in [0, 0.1) is 0 Å². The van der Waals surface area contributed by atoms with E-state index in [4.69, 9.17) is 27.9 Å². The third-order valence-corrected chi connectivity index (χ3v) is 4.09. The number of ether oxygens (including phenoxy) is 1. The minimum atomic E-state index is 0.431. The van der Waals surface area contributed by atoms with E-state index < -0.39 is 0 Å². The first-order valence-corrected chi connectivity index (χ1v) is 8.68. The molecule has 26 heavy (non-hydrogen) atoms. The first-order chi connectivity index (χ1) is 12.7. The Kier molecular flexibility index (Phi) is 6.09. The Hall–Kier alpha value is -2.57. The highest BCUT2D eigenvalue weighted by atomic mass is 35.5. The summed E-state index contributed by atoms with van der Waals surface area (Å²) in [6.45, 7) is 5.10. The van der Waals surface area contributed by atoms with Crippen molar-refractivity contribution >= 4 is 29.2 Å². The van der Waals surface area contributed by atoms with Crippen LogP contribution in [0.2, 0.25) is 10.0 Å². The molecule has 0 radical (unpaired) electrons. The lowest BCUT2D eigenvalue weighted by atomic mass is 10.2. The molecule has 0 atom stereocenters. The van der Waals surface area contributed by atoms with Crippen molar-refractivity contribution in [2.24, 2.45) is 0 Å². The summed E-state index contributed by atoms with van der Waals surface area (Å²) in [5, 5.41) is 16.0. The summed E-state index contributed by atoms with van der Waals surface area (Å²) in [4.78, 5) is 0. The second-order valence-corrected chi connectivity index (χ2v) is 6.37. The molecular weight excluding hydrogens is 373 g/mol. The largest absolute Gasteiger partial charge is 0.489 e. The van der Waals surface area contributed by atoms with Crippen LogP contribution >= 0.6 is 23.2 Å². The monoisotopic (exact) mass is 389 g/mol. The van der Waals surface area contributed by atoms with Gasteiger partial charge in [-0.15, -0.1) is 6.58 Å². The Bertz CT molecular complexity index is 880. The highest BCUT2D eigenvalue weighted by molar-refractivity contribution is 6.30. The van der Waals surface area contributed by atoms with Crippen LogP contribution in [-0.4, -0.2) is 20.2 Å². The zero-order chi connectivity index (χ0) is 18.4. The van der Waals surface area contributed by atoms with E-state index in [9.17, 15) is 0 Å². The predicted octanol–water partition coefficient (Wildman–Crippen LogP) is 4.36. The lowest BCUT2D eigenvalue weighted by Crippen LogP contribution is -2.09. The smallest absolute Gasteiger partial charge is 0.243 e. The molecule has 0 saturated carbocycles. The summed E-state index contributed by atoms with van der Waals surface area (Å²) in [6, 6.07) is 13.0. The van der Waals surface area contributed by atoms with Gasteiger partial charge in [-0.05, 0) is 46.3 Å². The normalized spacial score (nSPS) is 10.5. The topological polar surface area (TPSA) is 64.9 Å². The average molecular weight is 390 g/mol. The number of tetrazole rings is 1. The summed E-state index contributed by atoms with van der Waals surface area (Å²) < 4.78 is 7.57. The maximum absolute atomic E-state index is 6.14. The van der Waals surface area contributed by atoms with E-state index in [0.29, 0.717) is 35.7 Å². The zero-order valence-corrected chi connectivity index (χ0v) is 15.4. The van der Waals surface area contributed by atoms with E-state index in [2.05, 4.69) is 27.4 Å². The van der Waals surface area contributed by atoms with Gasteiger partial charge in [0.2, 0.25) is 5.95 Å². The van der Waals surface area contributed by atoms with Crippen molar-refractivity contribution < 1.29 is 4.74 Å². The molecule has 8 heteroatoms. The number of anilines is 1. The molecule has 6 nitrogen and oxygen atoms in total. The van der Waals surface area contributed by atoms with E-state index >= 15 is 0 Å². The third kappa shape index (κ3) is 4.74. The Labute approximate surface area is 161 Å². The zero-order valence-electron chi connectivity index (χ0n) is 13.9. The molecule has 3 aromatic rings. The molecule has 0 saturated heterocycles. The summed E-state index contributed by atoms with van der Waals surface area (Å²) in [5.41, 5.74) is 1.93. The lowest BCUT2D eigenvalue weighted by molar-refractivity contribution is 0.303. The van der Waals surface area contributed by atoms with Crippen molar-refractivity contribution in [2.75, 3.05) is 5.32 Å². The molecule has 1 heterocycles. The fourth-order valence-electron chi connectivity index (χ4n) is 2.32. The van der Waals surface area contributed by atoms with Gasteiger partial charge in [0.05, 0.1) is 6.54 Å². The maximum Gasteiger partial charge on any atom is 0.243 e.